The Kier molecular flexibility index (Phi) is 10.2. The molecular formula is C35H48O6. The number of ether oxygens (including phenoxy) is 6. The summed E-state index contributed by atoms with van der Waals surface area (Å²) in [4.78, 5) is 0. The van der Waals surface area contributed by atoms with E-state index in [1.807, 2.05) is 53.7 Å². The Morgan fingerprint density at radius 2 is 0.854 bits per heavy atom. The summed E-state index contributed by atoms with van der Waals surface area (Å²) in [7, 11) is 0. The minimum atomic E-state index is -0.327. The Morgan fingerprint density at radius 1 is 0.488 bits per heavy atom. The number of allylic oxidation sites excluding steroid dienone is 2. The zero-order valence-corrected chi connectivity index (χ0v) is 26.2. The highest BCUT2D eigenvalue weighted by molar-refractivity contribution is 5.80. The van der Waals surface area contributed by atoms with Gasteiger partial charge in [-0.05, 0) is 83.1 Å². The molecule has 2 aliphatic rings. The normalized spacial score (nSPS) is 17.9. The molecule has 0 aromatic heterocycles. The van der Waals surface area contributed by atoms with Crippen LogP contribution in [0.2, 0.25) is 0 Å². The number of benzene rings is 2. The van der Waals surface area contributed by atoms with Gasteiger partial charge in [-0.25, -0.2) is 0 Å². The molecule has 6 heteroatoms. The van der Waals surface area contributed by atoms with Crippen LogP contribution in [-0.4, -0.2) is 39.6 Å². The molecule has 0 N–H and O–H groups in total. The lowest BCUT2D eigenvalue weighted by Crippen LogP contribution is -2.36. The van der Waals surface area contributed by atoms with Gasteiger partial charge in [0.05, 0.1) is 62.6 Å². The van der Waals surface area contributed by atoms with Crippen molar-refractivity contribution < 1.29 is 28.4 Å². The topological polar surface area (TPSA) is 55.4 Å². The van der Waals surface area contributed by atoms with Crippen molar-refractivity contribution >= 4 is 11.5 Å². The average molecular weight is 565 g/mol. The van der Waals surface area contributed by atoms with Crippen LogP contribution in [0.1, 0.15) is 102 Å². The summed E-state index contributed by atoms with van der Waals surface area (Å²) < 4.78 is 38.3. The van der Waals surface area contributed by atoms with Gasteiger partial charge in [-0.3, -0.25) is 0 Å². The van der Waals surface area contributed by atoms with E-state index >= 15 is 0 Å². The van der Waals surface area contributed by atoms with Crippen LogP contribution in [0.25, 0.3) is 11.5 Å². The van der Waals surface area contributed by atoms with Crippen LogP contribution in [0.15, 0.2) is 47.9 Å². The predicted octanol–water partition coefficient (Wildman–Crippen LogP) is 8.67. The van der Waals surface area contributed by atoms with Gasteiger partial charge < -0.3 is 28.4 Å². The van der Waals surface area contributed by atoms with Crippen LogP contribution in [-0.2, 0) is 18.9 Å². The molecule has 0 spiro atoms. The molecule has 0 radical (unpaired) electrons. The minimum absolute atomic E-state index is 0.0839. The molecule has 0 bridgehead atoms. The molecule has 2 unspecified atom stereocenters. The summed E-state index contributed by atoms with van der Waals surface area (Å²) in [6.45, 7) is 20.0. The third-order valence-electron chi connectivity index (χ3n) is 8.41. The predicted molar refractivity (Wildman–Crippen MR) is 164 cm³/mol. The number of rotatable bonds is 16. The number of hydrogen-bond donors (Lipinski definition) is 0. The molecule has 0 saturated carbocycles. The van der Waals surface area contributed by atoms with E-state index in [0.29, 0.717) is 39.6 Å². The molecule has 2 atom stereocenters. The molecule has 4 rings (SSSR count). The third kappa shape index (κ3) is 5.15. The highest BCUT2D eigenvalue weighted by atomic mass is 16.5. The van der Waals surface area contributed by atoms with Crippen LogP contribution >= 0.6 is 0 Å². The first kappa shape index (κ1) is 30.7. The van der Waals surface area contributed by atoms with Gasteiger partial charge in [0.15, 0.2) is 11.5 Å². The minimum Gasteiger partial charge on any atom is -0.494 e. The zero-order valence-electron chi connectivity index (χ0n) is 26.2. The zero-order chi connectivity index (χ0) is 29.6. The second-order valence-corrected chi connectivity index (χ2v) is 10.2. The van der Waals surface area contributed by atoms with E-state index in [0.717, 1.165) is 58.5 Å². The van der Waals surface area contributed by atoms with Gasteiger partial charge in [-0.1, -0.05) is 38.1 Å². The fourth-order valence-corrected chi connectivity index (χ4v) is 6.96. The Labute approximate surface area is 246 Å². The smallest absolute Gasteiger partial charge is 0.168 e. The van der Waals surface area contributed by atoms with Gasteiger partial charge >= 0.3 is 0 Å². The summed E-state index contributed by atoms with van der Waals surface area (Å²) in [5.74, 6) is 4.83. The standard InChI is InChI=1S/C35H48O6/c1-9-35(10-2,29-23-19-17-21-25(36-11-3)27(23)31(38-13-5)33(29)40-15-7)30-24-20-18-22-26(37-12-4)28(24)32(39-14-6)34(30)41-16-8/h17-22,29-30H,9-16H2,1-8H3. The molecule has 6 nitrogen and oxygen atoms in total. The lowest BCUT2D eigenvalue weighted by molar-refractivity contribution is 0.0864. The highest BCUT2D eigenvalue weighted by Gasteiger charge is 2.56. The first-order valence-electron chi connectivity index (χ1n) is 15.5. The maximum atomic E-state index is 6.57. The second-order valence-electron chi connectivity index (χ2n) is 10.2. The van der Waals surface area contributed by atoms with Gasteiger partial charge in [0.1, 0.15) is 23.0 Å². The first-order valence-corrected chi connectivity index (χ1v) is 15.5. The molecule has 224 valence electrons. The summed E-state index contributed by atoms with van der Waals surface area (Å²) in [6.07, 6.45) is 1.75. The fraction of sp³-hybridized carbons (Fsp3) is 0.543. The van der Waals surface area contributed by atoms with Crippen molar-refractivity contribution in [2.75, 3.05) is 39.6 Å². The van der Waals surface area contributed by atoms with Crippen molar-refractivity contribution in [2.24, 2.45) is 5.41 Å². The Bertz CT molecular complexity index is 1160. The molecule has 0 fully saturated rings. The molecule has 2 aliphatic carbocycles. The lowest BCUT2D eigenvalue weighted by atomic mass is 9.59. The van der Waals surface area contributed by atoms with Crippen molar-refractivity contribution in [3.8, 4) is 11.5 Å². The Hall–Kier alpha value is -3.28. The quantitative estimate of drug-likeness (QED) is 0.203. The van der Waals surface area contributed by atoms with Crippen LogP contribution in [0.4, 0.5) is 0 Å². The molecule has 2 aromatic rings. The SMILES string of the molecule is CCOC1=C(OCC)C(C(CC)(CC)C2C(OCC)=C(OCC)c3c(OCC)cccc32)c2cccc(OCC)c21. The Balaban J connectivity index is 2.07. The highest BCUT2D eigenvalue weighted by Crippen LogP contribution is 2.66. The molecule has 41 heavy (non-hydrogen) atoms. The van der Waals surface area contributed by atoms with Crippen molar-refractivity contribution in [3.05, 3.63) is 70.2 Å². The Morgan fingerprint density at radius 3 is 1.17 bits per heavy atom. The first-order chi connectivity index (χ1) is 20.0. The summed E-state index contributed by atoms with van der Waals surface area (Å²) >= 11 is 0. The summed E-state index contributed by atoms with van der Waals surface area (Å²) in [5.41, 5.74) is 4.03. The van der Waals surface area contributed by atoms with Crippen molar-refractivity contribution in [2.45, 2.75) is 80.1 Å². The van der Waals surface area contributed by atoms with Crippen molar-refractivity contribution in [3.63, 3.8) is 0 Å². The van der Waals surface area contributed by atoms with Crippen LogP contribution in [0.5, 0.6) is 11.5 Å². The number of hydrogen-bond acceptors (Lipinski definition) is 6. The largest absolute Gasteiger partial charge is 0.494 e. The monoisotopic (exact) mass is 564 g/mol. The average Bonchev–Trinajstić information content (AvgIpc) is 3.46. The molecular weight excluding hydrogens is 516 g/mol. The maximum Gasteiger partial charge on any atom is 0.168 e. The van der Waals surface area contributed by atoms with Gasteiger partial charge in [0.25, 0.3) is 0 Å². The van der Waals surface area contributed by atoms with Gasteiger partial charge in [-0.15, -0.1) is 0 Å². The number of fused-ring (bicyclic) bond motifs is 2. The lowest BCUT2D eigenvalue weighted by Gasteiger charge is -2.45. The third-order valence-corrected chi connectivity index (χ3v) is 8.41. The summed E-state index contributed by atoms with van der Waals surface area (Å²) in [5, 5.41) is 0. The van der Waals surface area contributed by atoms with Crippen molar-refractivity contribution in [1.82, 2.24) is 0 Å². The van der Waals surface area contributed by atoms with E-state index in [1.54, 1.807) is 0 Å². The molecule has 0 amide bonds. The van der Waals surface area contributed by atoms with E-state index in [1.165, 1.54) is 11.1 Å². The summed E-state index contributed by atoms with van der Waals surface area (Å²) in [6, 6.07) is 12.7. The maximum absolute atomic E-state index is 6.57. The van der Waals surface area contributed by atoms with Crippen LogP contribution in [0.3, 0.4) is 0 Å². The van der Waals surface area contributed by atoms with Gasteiger partial charge in [-0.2, -0.15) is 0 Å². The molecule has 0 heterocycles. The molecule has 0 saturated heterocycles. The van der Waals surface area contributed by atoms with Gasteiger partial charge in [0, 0.05) is 0 Å². The van der Waals surface area contributed by atoms with Gasteiger partial charge in [0.2, 0.25) is 0 Å². The van der Waals surface area contributed by atoms with E-state index in [-0.39, 0.29) is 17.3 Å². The molecule has 0 aliphatic heterocycles. The van der Waals surface area contributed by atoms with E-state index in [4.69, 9.17) is 28.4 Å². The van der Waals surface area contributed by atoms with Crippen LogP contribution < -0.4 is 9.47 Å². The van der Waals surface area contributed by atoms with E-state index < -0.39 is 0 Å². The van der Waals surface area contributed by atoms with E-state index in [2.05, 4.69) is 38.1 Å². The van der Waals surface area contributed by atoms with Crippen LogP contribution in [0, 0.1) is 5.41 Å². The molecule has 2 aromatic carbocycles. The fourth-order valence-electron chi connectivity index (χ4n) is 6.96. The van der Waals surface area contributed by atoms with E-state index in [9.17, 15) is 0 Å². The second kappa shape index (κ2) is 13.6. The van der Waals surface area contributed by atoms with Crippen molar-refractivity contribution in [1.29, 1.82) is 0 Å².